The number of benzene rings is 1. The molecule has 1 saturated heterocycles. The van der Waals surface area contributed by atoms with E-state index in [4.69, 9.17) is 0 Å². The maximum Gasteiger partial charge on any atom is 0.280 e. The van der Waals surface area contributed by atoms with E-state index in [2.05, 4.69) is 4.98 Å². The van der Waals surface area contributed by atoms with Gasteiger partial charge in [0.15, 0.2) is 0 Å². The lowest BCUT2D eigenvalue weighted by Crippen LogP contribution is -2.48. The van der Waals surface area contributed by atoms with Gasteiger partial charge in [-0.3, -0.25) is 19.5 Å². The molecule has 4 heterocycles. The average molecular weight is 487 g/mol. The molecule has 3 aromatic rings. The highest BCUT2D eigenvalue weighted by atomic mass is 32.2. The summed E-state index contributed by atoms with van der Waals surface area (Å²) in [6.07, 6.45) is 1.45. The van der Waals surface area contributed by atoms with Gasteiger partial charge in [0.1, 0.15) is 15.7 Å². The van der Waals surface area contributed by atoms with Crippen LogP contribution in [0.4, 0.5) is 10.1 Å². The van der Waals surface area contributed by atoms with E-state index in [1.54, 1.807) is 36.4 Å². The standard InChI is InChI=1S/C22H19FN4O4S2/c23-17-5-1-2-6-18(17)25-10-12-26(13-11-25)33(30,31)19-8-7-15(32-19)14-27-21(28)16-4-3-9-24-20(16)22(27)29/h1-9H,10-14H2. The van der Waals surface area contributed by atoms with E-state index in [0.29, 0.717) is 23.7 Å². The van der Waals surface area contributed by atoms with Gasteiger partial charge < -0.3 is 4.90 Å². The maximum atomic E-state index is 14.1. The van der Waals surface area contributed by atoms with Gasteiger partial charge in [-0.1, -0.05) is 12.1 Å². The lowest BCUT2D eigenvalue weighted by atomic mass is 10.2. The zero-order chi connectivity index (χ0) is 23.2. The number of amides is 2. The minimum absolute atomic E-state index is 0.0186. The number of hydrogen-bond donors (Lipinski definition) is 0. The second kappa shape index (κ2) is 8.32. The Morgan fingerprint density at radius 1 is 0.939 bits per heavy atom. The van der Waals surface area contributed by atoms with Gasteiger partial charge in [-0.05, 0) is 36.4 Å². The summed E-state index contributed by atoms with van der Waals surface area (Å²) in [4.78, 5) is 32.5. The van der Waals surface area contributed by atoms with Crippen molar-refractivity contribution in [3.8, 4) is 0 Å². The van der Waals surface area contributed by atoms with Crippen LogP contribution in [0, 0.1) is 5.82 Å². The van der Waals surface area contributed by atoms with Crippen LogP contribution in [-0.4, -0.2) is 60.6 Å². The van der Waals surface area contributed by atoms with Gasteiger partial charge in [-0.2, -0.15) is 4.31 Å². The number of para-hydroxylation sites is 1. The van der Waals surface area contributed by atoms with Gasteiger partial charge in [0.25, 0.3) is 21.8 Å². The van der Waals surface area contributed by atoms with Crippen LogP contribution in [0.25, 0.3) is 0 Å². The first-order chi connectivity index (χ1) is 15.9. The lowest BCUT2D eigenvalue weighted by molar-refractivity contribution is 0.0642. The number of hydrogen-bond acceptors (Lipinski definition) is 7. The molecule has 0 spiro atoms. The topological polar surface area (TPSA) is 90.9 Å². The number of carbonyl (C=O) groups excluding carboxylic acids is 2. The predicted molar refractivity (Wildman–Crippen MR) is 120 cm³/mol. The number of piperazine rings is 1. The van der Waals surface area contributed by atoms with Crippen LogP contribution < -0.4 is 4.90 Å². The fourth-order valence-electron chi connectivity index (χ4n) is 4.00. The molecule has 0 radical (unpaired) electrons. The molecule has 8 nitrogen and oxygen atoms in total. The number of fused-ring (bicyclic) bond motifs is 1. The van der Waals surface area contributed by atoms with Crippen LogP contribution in [0.15, 0.2) is 58.9 Å². The largest absolute Gasteiger partial charge is 0.367 e. The smallest absolute Gasteiger partial charge is 0.280 e. The number of pyridine rings is 1. The Hall–Kier alpha value is -3.15. The van der Waals surface area contributed by atoms with Crippen molar-refractivity contribution in [3.05, 3.63) is 76.7 Å². The van der Waals surface area contributed by atoms with Crippen LogP contribution >= 0.6 is 11.3 Å². The molecule has 0 unspecified atom stereocenters. The van der Waals surface area contributed by atoms with E-state index >= 15 is 0 Å². The van der Waals surface area contributed by atoms with Crippen molar-refractivity contribution in [3.63, 3.8) is 0 Å². The number of thiophene rings is 1. The summed E-state index contributed by atoms with van der Waals surface area (Å²) in [5, 5.41) is 0. The Balaban J connectivity index is 1.28. The highest BCUT2D eigenvalue weighted by molar-refractivity contribution is 7.91. The van der Waals surface area contributed by atoms with Crippen molar-refractivity contribution in [1.29, 1.82) is 0 Å². The summed E-state index contributed by atoms with van der Waals surface area (Å²) >= 11 is 1.03. The number of anilines is 1. The zero-order valence-corrected chi connectivity index (χ0v) is 19.0. The molecule has 0 bridgehead atoms. The summed E-state index contributed by atoms with van der Waals surface area (Å²) < 4.78 is 41.9. The van der Waals surface area contributed by atoms with Crippen molar-refractivity contribution in [2.45, 2.75) is 10.8 Å². The zero-order valence-electron chi connectivity index (χ0n) is 17.3. The first-order valence-corrected chi connectivity index (χ1v) is 12.5. The molecular formula is C22H19FN4O4S2. The molecule has 0 atom stereocenters. The molecule has 2 aromatic heterocycles. The van der Waals surface area contributed by atoms with E-state index in [9.17, 15) is 22.4 Å². The summed E-state index contributed by atoms with van der Waals surface area (Å²) in [5.74, 6) is -1.26. The number of nitrogens with zero attached hydrogens (tertiary/aromatic N) is 4. The average Bonchev–Trinajstić information content (AvgIpc) is 3.40. The van der Waals surface area contributed by atoms with E-state index in [0.717, 1.165) is 16.2 Å². The SMILES string of the molecule is O=C1c2cccnc2C(=O)N1Cc1ccc(S(=O)(=O)N2CCN(c3ccccc3F)CC2)s1. The fourth-order valence-corrected chi connectivity index (χ4v) is 6.92. The second-order valence-electron chi connectivity index (χ2n) is 7.66. The third-order valence-electron chi connectivity index (χ3n) is 5.71. The molecule has 11 heteroatoms. The van der Waals surface area contributed by atoms with Crippen LogP contribution in [0.5, 0.6) is 0 Å². The fraction of sp³-hybridized carbons (Fsp3) is 0.227. The Morgan fingerprint density at radius 2 is 1.70 bits per heavy atom. The molecule has 2 aliphatic rings. The van der Waals surface area contributed by atoms with E-state index in [1.165, 1.54) is 22.6 Å². The molecule has 170 valence electrons. The Kier molecular flexibility index (Phi) is 5.47. The van der Waals surface area contributed by atoms with Gasteiger partial charge in [0.2, 0.25) is 0 Å². The number of carbonyl (C=O) groups is 2. The lowest BCUT2D eigenvalue weighted by Gasteiger charge is -2.35. The van der Waals surface area contributed by atoms with Gasteiger partial charge in [-0.25, -0.2) is 12.8 Å². The molecule has 2 aliphatic heterocycles. The van der Waals surface area contributed by atoms with Crippen LogP contribution in [-0.2, 0) is 16.6 Å². The van der Waals surface area contributed by atoms with Crippen molar-refractivity contribution < 1.29 is 22.4 Å². The van der Waals surface area contributed by atoms with Gasteiger partial charge in [-0.15, -0.1) is 11.3 Å². The molecule has 33 heavy (non-hydrogen) atoms. The second-order valence-corrected chi connectivity index (χ2v) is 11.0. The quantitative estimate of drug-likeness (QED) is 0.515. The van der Waals surface area contributed by atoms with Crippen LogP contribution in [0.1, 0.15) is 25.7 Å². The van der Waals surface area contributed by atoms with Crippen LogP contribution in [0.2, 0.25) is 0 Å². The third kappa shape index (κ3) is 3.81. The monoisotopic (exact) mass is 486 g/mol. The Labute approximate surface area is 193 Å². The number of rotatable bonds is 5. The highest BCUT2D eigenvalue weighted by Gasteiger charge is 2.37. The molecular weight excluding hydrogens is 467 g/mol. The van der Waals surface area contributed by atoms with E-state index in [1.807, 2.05) is 4.90 Å². The minimum atomic E-state index is -3.74. The first-order valence-electron chi connectivity index (χ1n) is 10.3. The molecule has 2 amide bonds. The molecule has 1 fully saturated rings. The first kappa shape index (κ1) is 21.7. The number of halogens is 1. The van der Waals surface area contributed by atoms with Crippen LogP contribution in [0.3, 0.4) is 0 Å². The van der Waals surface area contributed by atoms with Crippen molar-refractivity contribution in [2.75, 3.05) is 31.1 Å². The molecule has 1 aromatic carbocycles. The molecule has 0 saturated carbocycles. The van der Waals surface area contributed by atoms with Crippen molar-refractivity contribution >= 4 is 38.9 Å². The number of sulfonamides is 1. The minimum Gasteiger partial charge on any atom is -0.367 e. The number of imide groups is 1. The third-order valence-corrected chi connectivity index (χ3v) is 9.14. The van der Waals surface area contributed by atoms with Gasteiger partial charge in [0.05, 0.1) is 17.8 Å². The summed E-state index contributed by atoms with van der Waals surface area (Å²) in [6, 6.07) is 12.7. The highest BCUT2D eigenvalue weighted by Crippen LogP contribution is 2.30. The summed E-state index contributed by atoms with van der Waals surface area (Å²) in [6.45, 7) is 1.19. The predicted octanol–water partition coefficient (Wildman–Crippen LogP) is 2.59. The van der Waals surface area contributed by atoms with E-state index < -0.39 is 21.8 Å². The molecule has 5 rings (SSSR count). The molecule has 0 aliphatic carbocycles. The summed E-state index contributed by atoms with van der Waals surface area (Å²) in [7, 11) is -3.74. The van der Waals surface area contributed by atoms with E-state index in [-0.39, 0.29) is 40.9 Å². The Morgan fingerprint density at radius 3 is 2.42 bits per heavy atom. The van der Waals surface area contributed by atoms with Crippen molar-refractivity contribution in [1.82, 2.24) is 14.2 Å². The number of aromatic nitrogens is 1. The normalized spacial score (nSPS) is 17.0. The van der Waals surface area contributed by atoms with Gasteiger partial charge >= 0.3 is 0 Å². The summed E-state index contributed by atoms with van der Waals surface area (Å²) in [5.41, 5.74) is 0.822. The maximum absolute atomic E-state index is 14.1. The van der Waals surface area contributed by atoms with Gasteiger partial charge in [0, 0.05) is 37.3 Å². The van der Waals surface area contributed by atoms with Crippen molar-refractivity contribution in [2.24, 2.45) is 0 Å². The molecule has 0 N–H and O–H groups in total. The Bertz CT molecular complexity index is 1310.